The van der Waals surface area contributed by atoms with E-state index in [9.17, 15) is 8.42 Å². The maximum absolute atomic E-state index is 12.8. The van der Waals surface area contributed by atoms with Crippen molar-refractivity contribution in [3.8, 4) is 16.3 Å². The van der Waals surface area contributed by atoms with Gasteiger partial charge in [-0.05, 0) is 29.8 Å². The molecule has 5 nitrogen and oxygen atoms in total. The zero-order chi connectivity index (χ0) is 17.2. The molecule has 0 atom stereocenters. The molecule has 8 heteroatoms. The molecule has 0 radical (unpaired) electrons. The first-order valence-electron chi connectivity index (χ1n) is 6.90. The lowest BCUT2D eigenvalue weighted by Gasteiger charge is -2.10. The summed E-state index contributed by atoms with van der Waals surface area (Å²) in [6.45, 7) is 0. The molecular formula is C16H13BrN2O3S2. The van der Waals surface area contributed by atoms with Gasteiger partial charge in [-0.2, -0.15) is 0 Å². The van der Waals surface area contributed by atoms with Crippen molar-refractivity contribution in [1.82, 2.24) is 9.97 Å². The number of ether oxygens (including phenoxy) is 1. The summed E-state index contributed by atoms with van der Waals surface area (Å²) in [6.07, 6.45) is 4.93. The van der Waals surface area contributed by atoms with Gasteiger partial charge in [-0.25, -0.2) is 13.4 Å². The number of nitrogens with zero attached hydrogens (tertiary/aromatic N) is 2. The molecule has 0 aliphatic rings. The number of sulfone groups is 1. The lowest BCUT2D eigenvalue weighted by molar-refractivity contribution is 0.402. The van der Waals surface area contributed by atoms with Gasteiger partial charge in [0.25, 0.3) is 0 Å². The molecule has 1 aromatic carbocycles. The largest absolute Gasteiger partial charge is 0.495 e. The Hall–Kier alpha value is -1.77. The van der Waals surface area contributed by atoms with Crippen molar-refractivity contribution < 1.29 is 13.2 Å². The minimum Gasteiger partial charge on any atom is -0.495 e. The van der Waals surface area contributed by atoms with E-state index in [2.05, 4.69) is 25.9 Å². The summed E-state index contributed by atoms with van der Waals surface area (Å²) >= 11 is 4.78. The van der Waals surface area contributed by atoms with Crippen LogP contribution in [-0.2, 0) is 15.6 Å². The predicted octanol–water partition coefficient (Wildman–Crippen LogP) is 3.95. The Bertz CT molecular complexity index is 957. The van der Waals surface area contributed by atoms with Gasteiger partial charge in [0.05, 0.1) is 12.9 Å². The van der Waals surface area contributed by atoms with E-state index >= 15 is 0 Å². The Kier molecular flexibility index (Phi) is 4.98. The summed E-state index contributed by atoms with van der Waals surface area (Å²) in [4.78, 5) is 8.52. The van der Waals surface area contributed by atoms with Crippen molar-refractivity contribution in [2.75, 3.05) is 7.11 Å². The highest BCUT2D eigenvalue weighted by atomic mass is 79.9. The van der Waals surface area contributed by atoms with E-state index in [0.717, 1.165) is 10.6 Å². The Labute approximate surface area is 152 Å². The van der Waals surface area contributed by atoms with E-state index < -0.39 is 9.84 Å². The van der Waals surface area contributed by atoms with Crippen LogP contribution in [0, 0.1) is 0 Å². The van der Waals surface area contributed by atoms with Crippen LogP contribution in [0.25, 0.3) is 10.6 Å². The first kappa shape index (κ1) is 17.1. The Morgan fingerprint density at radius 2 is 2.08 bits per heavy atom. The number of rotatable bonds is 5. The second kappa shape index (κ2) is 7.00. The zero-order valence-corrected chi connectivity index (χ0v) is 15.9. The normalized spacial score (nSPS) is 11.4. The van der Waals surface area contributed by atoms with Gasteiger partial charge in [-0.1, -0.05) is 15.9 Å². The van der Waals surface area contributed by atoms with Crippen molar-refractivity contribution in [1.29, 1.82) is 0 Å². The molecule has 24 heavy (non-hydrogen) atoms. The summed E-state index contributed by atoms with van der Waals surface area (Å²) in [7, 11) is -2.12. The van der Waals surface area contributed by atoms with Crippen LogP contribution >= 0.6 is 27.3 Å². The van der Waals surface area contributed by atoms with Crippen molar-refractivity contribution in [3.05, 3.63) is 58.3 Å². The first-order chi connectivity index (χ1) is 11.5. The minimum absolute atomic E-state index is 0.152. The van der Waals surface area contributed by atoms with E-state index in [0.29, 0.717) is 15.8 Å². The molecule has 2 heterocycles. The molecule has 3 rings (SSSR count). The summed E-state index contributed by atoms with van der Waals surface area (Å²) < 4.78 is 31.4. The van der Waals surface area contributed by atoms with Crippen molar-refractivity contribution in [2.45, 2.75) is 10.6 Å². The van der Waals surface area contributed by atoms with Gasteiger partial charge < -0.3 is 4.74 Å². The second-order valence-electron chi connectivity index (χ2n) is 4.97. The molecule has 3 aromatic rings. The molecule has 0 saturated heterocycles. The van der Waals surface area contributed by atoms with Crippen molar-refractivity contribution in [3.63, 3.8) is 0 Å². The third-order valence-corrected chi connectivity index (χ3v) is 6.31. The number of hydrogen-bond acceptors (Lipinski definition) is 6. The third-order valence-electron chi connectivity index (χ3n) is 3.29. The fraction of sp³-hybridized carbons (Fsp3) is 0.125. The van der Waals surface area contributed by atoms with Gasteiger partial charge in [-0.3, -0.25) is 4.98 Å². The van der Waals surface area contributed by atoms with E-state index in [-0.39, 0.29) is 10.6 Å². The molecule has 0 fully saturated rings. The standard InChI is InChI=1S/C16H13BrN2O3S2/c1-22-14-3-2-13(17)7-15(14)24(20,21)10-11-6-12(9-18-8-11)16-19-4-5-23-16/h2-9H,10H2,1H3. The molecule has 0 saturated carbocycles. The molecule has 0 amide bonds. The molecule has 0 bridgehead atoms. The van der Waals surface area contributed by atoms with Crippen molar-refractivity contribution >= 4 is 37.1 Å². The van der Waals surface area contributed by atoms with Gasteiger partial charge in [0.15, 0.2) is 9.84 Å². The van der Waals surface area contributed by atoms with Gasteiger partial charge in [0.1, 0.15) is 15.7 Å². The quantitative estimate of drug-likeness (QED) is 0.619. The first-order valence-corrected chi connectivity index (χ1v) is 10.2. The highest BCUT2D eigenvalue weighted by Gasteiger charge is 2.21. The third kappa shape index (κ3) is 3.66. The summed E-state index contributed by atoms with van der Waals surface area (Å²) in [5.74, 6) is 0.161. The van der Waals surface area contributed by atoms with Crippen LogP contribution in [0.2, 0.25) is 0 Å². The number of methoxy groups -OCH3 is 1. The van der Waals surface area contributed by atoms with Crippen molar-refractivity contribution in [2.24, 2.45) is 0 Å². The molecule has 0 aliphatic carbocycles. The van der Waals surface area contributed by atoms with Crippen LogP contribution in [0.3, 0.4) is 0 Å². The fourth-order valence-electron chi connectivity index (χ4n) is 2.24. The monoisotopic (exact) mass is 424 g/mol. The van der Waals surface area contributed by atoms with Gasteiger partial charge in [-0.15, -0.1) is 11.3 Å². The average Bonchev–Trinajstić information content (AvgIpc) is 3.09. The van der Waals surface area contributed by atoms with Crippen LogP contribution < -0.4 is 4.74 Å². The van der Waals surface area contributed by atoms with E-state index in [1.165, 1.54) is 18.4 Å². The lowest BCUT2D eigenvalue weighted by atomic mass is 10.2. The van der Waals surface area contributed by atoms with Crippen LogP contribution in [0.15, 0.2) is 57.6 Å². The smallest absolute Gasteiger partial charge is 0.186 e. The lowest BCUT2D eigenvalue weighted by Crippen LogP contribution is -2.07. The Balaban J connectivity index is 1.96. The van der Waals surface area contributed by atoms with E-state index in [1.807, 2.05) is 5.38 Å². The number of halogens is 1. The molecule has 0 aliphatic heterocycles. The van der Waals surface area contributed by atoms with E-state index in [4.69, 9.17) is 4.74 Å². The van der Waals surface area contributed by atoms with Crippen LogP contribution in [0.1, 0.15) is 5.56 Å². The number of pyridine rings is 1. The zero-order valence-electron chi connectivity index (χ0n) is 12.6. The SMILES string of the molecule is COc1ccc(Br)cc1S(=O)(=O)Cc1cncc(-c2nccs2)c1. The average molecular weight is 425 g/mol. The maximum atomic E-state index is 12.8. The number of thiazole rings is 1. The number of hydrogen-bond donors (Lipinski definition) is 0. The molecule has 0 spiro atoms. The highest BCUT2D eigenvalue weighted by Crippen LogP contribution is 2.30. The summed E-state index contributed by atoms with van der Waals surface area (Å²) in [5, 5.41) is 2.67. The predicted molar refractivity (Wildman–Crippen MR) is 96.9 cm³/mol. The van der Waals surface area contributed by atoms with Gasteiger partial charge in [0.2, 0.25) is 0 Å². The van der Waals surface area contributed by atoms with Gasteiger partial charge in [0, 0.05) is 34.0 Å². The number of benzene rings is 1. The fourth-order valence-corrected chi connectivity index (χ4v) is 4.89. The van der Waals surface area contributed by atoms with Crippen LogP contribution in [0.5, 0.6) is 5.75 Å². The van der Waals surface area contributed by atoms with Gasteiger partial charge >= 0.3 is 0 Å². The molecule has 0 N–H and O–H groups in total. The maximum Gasteiger partial charge on any atom is 0.186 e. The minimum atomic E-state index is -3.58. The summed E-state index contributed by atoms with van der Waals surface area (Å²) in [6, 6.07) is 6.71. The Morgan fingerprint density at radius 1 is 1.25 bits per heavy atom. The Morgan fingerprint density at radius 3 is 2.79 bits per heavy atom. The number of aromatic nitrogens is 2. The van der Waals surface area contributed by atoms with E-state index in [1.54, 1.807) is 42.9 Å². The molecule has 0 unspecified atom stereocenters. The molecular weight excluding hydrogens is 412 g/mol. The van der Waals surface area contributed by atoms with Crippen LogP contribution in [0.4, 0.5) is 0 Å². The van der Waals surface area contributed by atoms with Crippen LogP contribution in [-0.4, -0.2) is 25.5 Å². The molecule has 124 valence electrons. The second-order valence-corrected chi connectivity index (χ2v) is 8.74. The molecule has 2 aromatic heterocycles. The summed E-state index contributed by atoms with van der Waals surface area (Å²) in [5.41, 5.74) is 1.41. The topological polar surface area (TPSA) is 69.2 Å². The highest BCUT2D eigenvalue weighted by molar-refractivity contribution is 9.10.